The fourth-order valence-electron chi connectivity index (χ4n) is 2.58. The zero-order chi connectivity index (χ0) is 22.5. The Morgan fingerprint density at radius 2 is 1.74 bits per heavy atom. The number of hydrazine groups is 1. The summed E-state index contributed by atoms with van der Waals surface area (Å²) in [6, 6.07) is 14.5. The molecule has 0 saturated carbocycles. The number of nitrogens with one attached hydrogen (secondary N) is 2. The van der Waals surface area contributed by atoms with Crippen LogP contribution in [0.3, 0.4) is 0 Å². The molecule has 0 radical (unpaired) electrons. The van der Waals surface area contributed by atoms with Crippen molar-refractivity contribution >= 4 is 82.0 Å². The minimum absolute atomic E-state index is 0.279. The second-order valence-electron chi connectivity index (χ2n) is 6.40. The van der Waals surface area contributed by atoms with Gasteiger partial charge in [0.25, 0.3) is 11.8 Å². The molecular weight excluding hydrogens is 619 g/mol. The molecule has 0 aliphatic carbocycles. The number of carbonyl (C=O) groups is 2. The molecule has 0 saturated heterocycles. The van der Waals surface area contributed by atoms with Crippen molar-refractivity contribution in [1.82, 2.24) is 10.9 Å². The van der Waals surface area contributed by atoms with Crippen LogP contribution in [-0.4, -0.2) is 24.5 Å². The van der Waals surface area contributed by atoms with Crippen LogP contribution in [0.25, 0.3) is 10.8 Å². The molecule has 0 aliphatic rings. The number of rotatable bonds is 6. The van der Waals surface area contributed by atoms with E-state index in [1.807, 2.05) is 24.3 Å². The van der Waals surface area contributed by atoms with E-state index in [1.54, 1.807) is 31.2 Å². The molecule has 3 rings (SSSR count). The summed E-state index contributed by atoms with van der Waals surface area (Å²) < 4.78 is 13.5. The van der Waals surface area contributed by atoms with E-state index in [1.165, 1.54) is 0 Å². The summed E-state index contributed by atoms with van der Waals surface area (Å²) in [5.41, 5.74) is 4.63. The summed E-state index contributed by atoms with van der Waals surface area (Å²) in [5.74, 6) is -0.0702. The van der Waals surface area contributed by atoms with Gasteiger partial charge >= 0.3 is 0 Å². The molecule has 1 unspecified atom stereocenters. The highest BCUT2D eigenvalue weighted by Gasteiger charge is 2.17. The van der Waals surface area contributed by atoms with Gasteiger partial charge in [-0.25, -0.2) is 0 Å². The number of hydrogen-bond acceptors (Lipinski definition) is 4. The molecule has 3 aromatic carbocycles. The summed E-state index contributed by atoms with van der Waals surface area (Å²) in [4.78, 5) is 24.3. The first-order valence-electron chi connectivity index (χ1n) is 8.95. The summed E-state index contributed by atoms with van der Waals surface area (Å²) in [6.45, 7) is 1.28. The van der Waals surface area contributed by atoms with Crippen LogP contribution in [0.2, 0.25) is 5.02 Å². The second kappa shape index (κ2) is 10.7. The predicted octanol–water partition coefficient (Wildman–Crippen LogP) is 5.77. The van der Waals surface area contributed by atoms with Crippen molar-refractivity contribution in [2.24, 2.45) is 0 Å². The van der Waals surface area contributed by atoms with Gasteiger partial charge in [-0.2, -0.15) is 0 Å². The number of fused-ring (bicyclic) bond motifs is 1. The SMILES string of the molecule is CC(Oc1ccc(Cl)cc1Br)C(=O)NNC(=O)COc1ccc2cc(Br)ccc2c1Br. The maximum Gasteiger partial charge on any atom is 0.279 e. The molecular formula is C21H16Br3ClN2O4. The second-order valence-corrected chi connectivity index (χ2v) is 9.40. The Morgan fingerprint density at radius 3 is 2.48 bits per heavy atom. The molecule has 31 heavy (non-hydrogen) atoms. The van der Waals surface area contributed by atoms with Gasteiger partial charge in [0.15, 0.2) is 12.7 Å². The molecule has 0 aliphatic heterocycles. The summed E-state index contributed by atoms with van der Waals surface area (Å²) >= 11 is 16.2. The van der Waals surface area contributed by atoms with Gasteiger partial charge in [-0.05, 0) is 86.0 Å². The summed E-state index contributed by atoms with van der Waals surface area (Å²) in [5, 5.41) is 2.51. The van der Waals surface area contributed by atoms with Crippen molar-refractivity contribution in [2.45, 2.75) is 13.0 Å². The predicted molar refractivity (Wildman–Crippen MR) is 130 cm³/mol. The molecule has 0 bridgehead atoms. The molecule has 1 atom stereocenters. The standard InChI is InChI=1S/C21H16Br3ClN2O4/c1-11(31-17-7-4-14(25)9-16(17)23)21(29)27-26-19(28)10-30-18-6-2-12-8-13(22)3-5-15(12)20(18)24/h2-9,11H,10H2,1H3,(H,26,28)(H,27,29). The fourth-order valence-corrected chi connectivity index (χ4v) is 4.34. The lowest BCUT2D eigenvalue weighted by Gasteiger charge is -2.16. The first-order chi connectivity index (χ1) is 14.7. The Labute approximate surface area is 209 Å². The smallest absolute Gasteiger partial charge is 0.279 e. The third-order valence-electron chi connectivity index (χ3n) is 4.13. The maximum atomic E-state index is 12.2. The van der Waals surface area contributed by atoms with Gasteiger partial charge in [0.2, 0.25) is 0 Å². The number of benzene rings is 3. The molecule has 0 aromatic heterocycles. The van der Waals surface area contributed by atoms with Gasteiger partial charge in [0.05, 0.1) is 8.95 Å². The monoisotopic (exact) mass is 632 g/mol. The number of ether oxygens (including phenoxy) is 2. The van der Waals surface area contributed by atoms with Gasteiger partial charge in [-0.15, -0.1) is 0 Å². The molecule has 3 aromatic rings. The van der Waals surface area contributed by atoms with Crippen LogP contribution in [0.5, 0.6) is 11.5 Å². The van der Waals surface area contributed by atoms with Crippen LogP contribution in [0.1, 0.15) is 6.92 Å². The van der Waals surface area contributed by atoms with Gasteiger partial charge < -0.3 is 9.47 Å². The third kappa shape index (κ3) is 6.35. The van der Waals surface area contributed by atoms with Gasteiger partial charge in [-0.3, -0.25) is 20.4 Å². The molecule has 10 heteroatoms. The summed E-state index contributed by atoms with van der Waals surface area (Å²) in [7, 11) is 0. The van der Waals surface area contributed by atoms with E-state index in [9.17, 15) is 9.59 Å². The molecule has 0 heterocycles. The van der Waals surface area contributed by atoms with Crippen molar-refractivity contribution in [3.63, 3.8) is 0 Å². The van der Waals surface area contributed by atoms with Crippen molar-refractivity contribution in [3.8, 4) is 11.5 Å². The van der Waals surface area contributed by atoms with E-state index in [2.05, 4.69) is 58.6 Å². The van der Waals surface area contributed by atoms with Crippen LogP contribution < -0.4 is 20.3 Å². The van der Waals surface area contributed by atoms with Crippen LogP contribution in [0, 0.1) is 0 Å². The van der Waals surface area contributed by atoms with Gasteiger partial charge in [0.1, 0.15) is 11.5 Å². The van der Waals surface area contributed by atoms with Crippen LogP contribution in [0.4, 0.5) is 0 Å². The lowest BCUT2D eigenvalue weighted by Crippen LogP contribution is -2.48. The van der Waals surface area contributed by atoms with Crippen LogP contribution in [-0.2, 0) is 9.59 Å². The number of hydrogen-bond donors (Lipinski definition) is 2. The minimum atomic E-state index is -0.854. The van der Waals surface area contributed by atoms with Crippen molar-refractivity contribution in [3.05, 3.63) is 67.0 Å². The first kappa shape index (κ1) is 23.8. The Morgan fingerprint density at radius 1 is 1.00 bits per heavy atom. The number of amides is 2. The topological polar surface area (TPSA) is 76.7 Å². The average molecular weight is 636 g/mol. The van der Waals surface area contributed by atoms with E-state index in [-0.39, 0.29) is 6.61 Å². The highest BCUT2D eigenvalue weighted by Crippen LogP contribution is 2.34. The normalized spacial score (nSPS) is 11.6. The van der Waals surface area contributed by atoms with Crippen molar-refractivity contribution in [1.29, 1.82) is 0 Å². The van der Waals surface area contributed by atoms with E-state index in [0.29, 0.717) is 21.0 Å². The highest BCUT2D eigenvalue weighted by molar-refractivity contribution is 9.11. The van der Waals surface area contributed by atoms with Gasteiger partial charge in [0, 0.05) is 9.50 Å². The average Bonchev–Trinajstić information content (AvgIpc) is 2.73. The number of halogens is 4. The molecule has 162 valence electrons. The van der Waals surface area contributed by atoms with E-state index in [0.717, 1.165) is 19.7 Å². The highest BCUT2D eigenvalue weighted by atomic mass is 79.9. The quantitative estimate of drug-likeness (QED) is 0.337. The van der Waals surface area contributed by atoms with Crippen molar-refractivity contribution < 1.29 is 19.1 Å². The maximum absolute atomic E-state index is 12.2. The third-order valence-corrected chi connectivity index (χ3v) is 6.30. The molecule has 0 fully saturated rings. The lowest BCUT2D eigenvalue weighted by molar-refractivity contribution is -0.133. The van der Waals surface area contributed by atoms with Crippen LogP contribution in [0.15, 0.2) is 61.9 Å². The summed E-state index contributed by atoms with van der Waals surface area (Å²) in [6.07, 6.45) is -0.854. The van der Waals surface area contributed by atoms with E-state index >= 15 is 0 Å². The Kier molecular flexibility index (Phi) is 8.21. The molecule has 0 spiro atoms. The van der Waals surface area contributed by atoms with Gasteiger partial charge in [-0.1, -0.05) is 39.7 Å². The van der Waals surface area contributed by atoms with E-state index < -0.39 is 17.9 Å². The Bertz CT molecular complexity index is 1140. The molecule has 2 amide bonds. The fraction of sp³-hybridized carbons (Fsp3) is 0.143. The van der Waals surface area contributed by atoms with Crippen molar-refractivity contribution in [2.75, 3.05) is 6.61 Å². The lowest BCUT2D eigenvalue weighted by atomic mass is 10.1. The molecule has 2 N–H and O–H groups in total. The largest absolute Gasteiger partial charge is 0.483 e. The zero-order valence-electron chi connectivity index (χ0n) is 16.0. The minimum Gasteiger partial charge on any atom is -0.483 e. The molecule has 6 nitrogen and oxygen atoms in total. The van der Waals surface area contributed by atoms with Crippen LogP contribution >= 0.6 is 59.4 Å². The van der Waals surface area contributed by atoms with E-state index in [4.69, 9.17) is 21.1 Å². The Balaban J connectivity index is 1.50. The Hall–Kier alpha value is -1.81. The zero-order valence-corrected chi connectivity index (χ0v) is 21.6. The number of carbonyl (C=O) groups excluding carboxylic acids is 2. The first-order valence-corrected chi connectivity index (χ1v) is 11.7.